The number of carbonyl (C=O) groups is 2. The number of phosphoric acid groups is 1. The molecular formula is C48H79NO9P+. The molecule has 0 radical (unpaired) electrons. The molecule has 0 bridgehead atoms. The molecule has 0 spiro atoms. The molecule has 0 aliphatic carbocycles. The zero-order valence-corrected chi connectivity index (χ0v) is 37.9. The lowest BCUT2D eigenvalue weighted by Crippen LogP contribution is -2.37. The van der Waals surface area contributed by atoms with Crippen LogP contribution in [0.25, 0.3) is 0 Å². The summed E-state index contributed by atoms with van der Waals surface area (Å²) in [5.41, 5.74) is 0. The van der Waals surface area contributed by atoms with Crippen LogP contribution in [0.5, 0.6) is 0 Å². The average molecular weight is 845 g/mol. The molecular weight excluding hydrogens is 765 g/mol. The number of rotatable bonds is 37. The van der Waals surface area contributed by atoms with Gasteiger partial charge in [0.2, 0.25) is 0 Å². The molecule has 0 rings (SSSR count). The Hall–Kier alpha value is -3.37. The van der Waals surface area contributed by atoms with Crippen LogP contribution in [0.15, 0.2) is 109 Å². The number of unbranched alkanes of at least 4 members (excludes halogenated alkanes) is 5. The topological polar surface area (TPSA) is 129 Å². The Labute approximate surface area is 358 Å². The first-order valence-corrected chi connectivity index (χ1v) is 23.2. The molecule has 0 aliphatic rings. The van der Waals surface area contributed by atoms with E-state index < -0.39 is 38.6 Å². The minimum absolute atomic E-state index is 0.00509. The summed E-state index contributed by atoms with van der Waals surface area (Å²) in [6.45, 7) is 4.02. The van der Waals surface area contributed by atoms with Gasteiger partial charge in [0.1, 0.15) is 19.8 Å². The van der Waals surface area contributed by atoms with Crippen LogP contribution in [-0.2, 0) is 32.7 Å². The maximum Gasteiger partial charge on any atom is 0.472 e. The maximum atomic E-state index is 12.7. The number of hydrogen-bond donors (Lipinski definition) is 2. The molecule has 0 heterocycles. The lowest BCUT2D eigenvalue weighted by atomic mass is 10.1. The van der Waals surface area contributed by atoms with Crippen LogP contribution < -0.4 is 0 Å². The fourth-order valence-corrected chi connectivity index (χ4v) is 5.69. The van der Waals surface area contributed by atoms with Crippen molar-refractivity contribution in [1.29, 1.82) is 0 Å². The standard InChI is InChI=1S/C48H78NO9P/c1-6-8-10-12-14-15-16-17-18-19-20-21-22-23-27-31-35-39-47(51)55-43-46(44-57-59(53,54)56-42-41-49(3,4)5)58-48(52)40-36-32-28-25-24-26-30-34-38-45(50)37-33-29-13-11-9-7-2/h8,10,14-15,17-18,20-21,23,25-30,33-34,38,45-46,50H,6-7,9,11-13,16,19,22,24,31-32,35-37,39-44H2,1-5H3/p+1/b10-8-,15-14-,18-17-,21-20-,27-23-,28-25-,30-26-,33-29-,38-34+/t45-,46+/m0/s1. The van der Waals surface area contributed by atoms with Gasteiger partial charge in [-0.1, -0.05) is 136 Å². The molecule has 2 N–H and O–H groups in total. The Balaban J connectivity index is 4.65. The molecule has 334 valence electrons. The summed E-state index contributed by atoms with van der Waals surface area (Å²) >= 11 is 0. The van der Waals surface area contributed by atoms with E-state index in [9.17, 15) is 24.2 Å². The number of ether oxygens (including phenoxy) is 2. The number of nitrogens with zero attached hydrogens (tertiary/aromatic N) is 1. The molecule has 0 aromatic carbocycles. The van der Waals surface area contributed by atoms with Crippen LogP contribution in [0.1, 0.15) is 123 Å². The molecule has 0 saturated carbocycles. The first-order chi connectivity index (χ1) is 28.4. The zero-order chi connectivity index (χ0) is 43.7. The van der Waals surface area contributed by atoms with Crippen molar-refractivity contribution < 1.29 is 47.2 Å². The Kier molecular flexibility index (Phi) is 36.6. The van der Waals surface area contributed by atoms with Crippen LogP contribution in [0.2, 0.25) is 0 Å². The van der Waals surface area contributed by atoms with Crippen molar-refractivity contribution in [3.63, 3.8) is 0 Å². The lowest BCUT2D eigenvalue weighted by molar-refractivity contribution is -0.870. The smallest absolute Gasteiger partial charge is 0.462 e. The quantitative estimate of drug-likeness (QED) is 0.0157. The third-order valence-electron chi connectivity index (χ3n) is 8.37. The van der Waals surface area contributed by atoms with Crippen molar-refractivity contribution in [3.8, 4) is 0 Å². The van der Waals surface area contributed by atoms with Crippen molar-refractivity contribution in [3.05, 3.63) is 109 Å². The van der Waals surface area contributed by atoms with Crippen molar-refractivity contribution in [1.82, 2.24) is 0 Å². The predicted octanol–water partition coefficient (Wildman–Crippen LogP) is 11.3. The monoisotopic (exact) mass is 845 g/mol. The second-order valence-electron chi connectivity index (χ2n) is 15.2. The molecule has 11 heteroatoms. The summed E-state index contributed by atoms with van der Waals surface area (Å²) in [6.07, 6.45) is 49.0. The fourth-order valence-electron chi connectivity index (χ4n) is 4.95. The average Bonchev–Trinajstić information content (AvgIpc) is 3.18. The predicted molar refractivity (Wildman–Crippen MR) is 244 cm³/mol. The third kappa shape index (κ3) is 42.6. The van der Waals surface area contributed by atoms with Gasteiger partial charge in [-0.25, -0.2) is 4.57 Å². The van der Waals surface area contributed by atoms with Crippen molar-refractivity contribution >= 4 is 19.8 Å². The van der Waals surface area contributed by atoms with E-state index in [2.05, 4.69) is 74.6 Å². The summed E-state index contributed by atoms with van der Waals surface area (Å²) in [4.78, 5) is 35.3. The lowest BCUT2D eigenvalue weighted by Gasteiger charge is -2.24. The normalized spacial score (nSPS) is 15.2. The van der Waals surface area contributed by atoms with Crippen molar-refractivity contribution in [2.24, 2.45) is 0 Å². The summed E-state index contributed by atoms with van der Waals surface area (Å²) in [7, 11) is 1.35. The van der Waals surface area contributed by atoms with Gasteiger partial charge in [-0.15, -0.1) is 0 Å². The number of phosphoric ester groups is 1. The van der Waals surface area contributed by atoms with Crippen LogP contribution in [0.3, 0.4) is 0 Å². The first kappa shape index (κ1) is 55.6. The highest BCUT2D eigenvalue weighted by Gasteiger charge is 2.27. The first-order valence-electron chi connectivity index (χ1n) is 21.7. The zero-order valence-electron chi connectivity index (χ0n) is 37.0. The van der Waals surface area contributed by atoms with Gasteiger partial charge in [0.15, 0.2) is 6.10 Å². The van der Waals surface area contributed by atoms with Gasteiger partial charge in [0, 0.05) is 12.8 Å². The number of hydrogen-bond acceptors (Lipinski definition) is 8. The number of allylic oxidation sites excluding steroid dienone is 16. The van der Waals surface area contributed by atoms with Gasteiger partial charge in [-0.05, 0) is 83.5 Å². The van der Waals surface area contributed by atoms with E-state index in [-0.39, 0.29) is 26.1 Å². The molecule has 0 aromatic rings. The molecule has 0 saturated heterocycles. The van der Waals surface area contributed by atoms with Crippen LogP contribution in [0.4, 0.5) is 0 Å². The fraction of sp³-hybridized carbons (Fsp3) is 0.583. The maximum absolute atomic E-state index is 12.7. The minimum atomic E-state index is -4.43. The molecule has 0 aliphatic heterocycles. The van der Waals surface area contributed by atoms with Crippen molar-refractivity contribution in [2.75, 3.05) is 47.5 Å². The molecule has 59 heavy (non-hydrogen) atoms. The highest BCUT2D eigenvalue weighted by Crippen LogP contribution is 2.43. The Bertz CT molecular complexity index is 1380. The number of aliphatic hydroxyl groups is 1. The molecule has 0 amide bonds. The summed E-state index contributed by atoms with van der Waals surface area (Å²) < 4.78 is 34.1. The van der Waals surface area contributed by atoms with E-state index in [1.165, 1.54) is 19.3 Å². The van der Waals surface area contributed by atoms with Gasteiger partial charge in [0.25, 0.3) is 0 Å². The van der Waals surface area contributed by atoms with Gasteiger partial charge in [0.05, 0.1) is 33.9 Å². The summed E-state index contributed by atoms with van der Waals surface area (Å²) in [6, 6.07) is 0. The number of esters is 2. The van der Waals surface area contributed by atoms with E-state index in [1.807, 2.05) is 63.7 Å². The minimum Gasteiger partial charge on any atom is -0.462 e. The van der Waals surface area contributed by atoms with E-state index in [0.717, 1.165) is 38.5 Å². The van der Waals surface area contributed by atoms with Gasteiger partial charge in [-0.2, -0.15) is 0 Å². The van der Waals surface area contributed by atoms with Crippen LogP contribution in [0, 0.1) is 0 Å². The van der Waals surface area contributed by atoms with Crippen molar-refractivity contribution in [2.45, 2.75) is 135 Å². The molecule has 0 fully saturated rings. The highest BCUT2D eigenvalue weighted by molar-refractivity contribution is 7.47. The Morgan fingerprint density at radius 3 is 1.73 bits per heavy atom. The van der Waals surface area contributed by atoms with E-state index in [0.29, 0.717) is 49.6 Å². The number of quaternary nitrogens is 1. The number of likely N-dealkylation sites (N-methyl/N-ethyl adjacent to an activating group) is 1. The van der Waals surface area contributed by atoms with Crippen LogP contribution >= 0.6 is 7.82 Å². The summed E-state index contributed by atoms with van der Waals surface area (Å²) in [5.74, 6) is -0.986. The highest BCUT2D eigenvalue weighted by atomic mass is 31.2. The van der Waals surface area contributed by atoms with Crippen LogP contribution in [-0.4, -0.2) is 86.1 Å². The van der Waals surface area contributed by atoms with Gasteiger partial charge in [-0.3, -0.25) is 18.6 Å². The SMILES string of the molecule is CC/C=C\C/C=C\C/C=C\C/C=C\C/C=C\CCCC(=O)OC[C@H](COP(=O)(O)OCC[N+](C)(C)C)OC(=O)CCC/C=C\C/C=C\C=C\[C@@H](O)C/C=C\CCCCC. The molecule has 1 unspecified atom stereocenters. The summed E-state index contributed by atoms with van der Waals surface area (Å²) in [5, 5.41) is 10.0. The second-order valence-corrected chi connectivity index (χ2v) is 16.6. The molecule has 3 atom stereocenters. The second kappa shape index (κ2) is 38.8. The largest absolute Gasteiger partial charge is 0.472 e. The van der Waals surface area contributed by atoms with Gasteiger partial charge >= 0.3 is 19.8 Å². The Morgan fingerprint density at radius 2 is 1.15 bits per heavy atom. The number of carbonyl (C=O) groups excluding carboxylic acids is 2. The van der Waals surface area contributed by atoms with E-state index >= 15 is 0 Å². The van der Waals surface area contributed by atoms with E-state index in [4.69, 9.17) is 18.5 Å². The molecule has 10 nitrogen and oxygen atoms in total. The Morgan fingerprint density at radius 1 is 0.627 bits per heavy atom. The number of aliphatic hydroxyl groups excluding tert-OH is 1. The van der Waals surface area contributed by atoms with E-state index in [1.54, 1.807) is 6.08 Å². The molecule has 0 aromatic heterocycles. The van der Waals surface area contributed by atoms with Gasteiger partial charge < -0.3 is 24.0 Å². The third-order valence-corrected chi connectivity index (χ3v) is 9.35.